The van der Waals surface area contributed by atoms with Crippen molar-refractivity contribution in [2.24, 2.45) is 10.8 Å². The first-order valence-corrected chi connectivity index (χ1v) is 5.82. The van der Waals surface area contributed by atoms with Gasteiger partial charge in [0.05, 0.1) is 6.61 Å². The summed E-state index contributed by atoms with van der Waals surface area (Å²) in [4.78, 5) is 17.1. The third-order valence-corrected chi connectivity index (χ3v) is 2.72. The Balaban J connectivity index is 2.33. The van der Waals surface area contributed by atoms with Crippen molar-refractivity contribution in [2.45, 2.75) is 25.8 Å². The summed E-state index contributed by atoms with van der Waals surface area (Å²) in [6, 6.07) is 0.287. The van der Waals surface area contributed by atoms with Crippen molar-refractivity contribution in [3.63, 3.8) is 0 Å². The molecule has 0 radical (unpaired) electrons. The molecule has 7 nitrogen and oxygen atoms in total. The van der Waals surface area contributed by atoms with Crippen LogP contribution in [0.4, 0.5) is 4.79 Å². The summed E-state index contributed by atoms with van der Waals surface area (Å²) in [6.07, 6.45) is 1.49. The van der Waals surface area contributed by atoms with Crippen molar-refractivity contribution in [2.75, 3.05) is 26.7 Å². The first kappa shape index (κ1) is 13.6. The van der Waals surface area contributed by atoms with E-state index < -0.39 is 0 Å². The zero-order valence-corrected chi connectivity index (χ0v) is 10.4. The van der Waals surface area contributed by atoms with Crippen LogP contribution in [-0.2, 0) is 4.74 Å². The molecule has 0 aromatic rings. The normalized spacial score (nSPS) is 17.8. The van der Waals surface area contributed by atoms with Gasteiger partial charge >= 0.3 is 6.09 Å². The van der Waals surface area contributed by atoms with E-state index in [2.05, 4.69) is 15.7 Å². The SMILES string of the molecule is CCOC(=O)N1CCC(NC(=NC)NN)CC1. The number of hydrogen-bond acceptors (Lipinski definition) is 4. The van der Waals surface area contributed by atoms with E-state index in [1.54, 1.807) is 11.9 Å². The molecule has 0 spiro atoms. The first-order valence-electron chi connectivity index (χ1n) is 5.82. The van der Waals surface area contributed by atoms with Crippen LogP contribution in [0.15, 0.2) is 4.99 Å². The summed E-state index contributed by atoms with van der Waals surface area (Å²) in [5.74, 6) is 5.86. The van der Waals surface area contributed by atoms with Gasteiger partial charge in [-0.1, -0.05) is 0 Å². The van der Waals surface area contributed by atoms with Crippen molar-refractivity contribution in [1.82, 2.24) is 15.6 Å². The highest BCUT2D eigenvalue weighted by molar-refractivity contribution is 5.79. The molecule has 0 saturated carbocycles. The predicted octanol–water partition coefficient (Wildman–Crippen LogP) is -0.354. The Morgan fingerprint density at radius 1 is 1.53 bits per heavy atom. The number of aliphatic imine (C=N–C) groups is 1. The molecule has 7 heteroatoms. The standard InChI is InChI=1S/C10H21N5O2/c1-3-17-10(16)15-6-4-8(5-7-15)13-9(12-2)14-11/h8H,3-7,11H2,1-2H3,(H2,12,13,14). The fourth-order valence-corrected chi connectivity index (χ4v) is 1.79. The quantitative estimate of drug-likeness (QED) is 0.267. The monoisotopic (exact) mass is 243 g/mol. The lowest BCUT2D eigenvalue weighted by Crippen LogP contribution is -2.51. The third kappa shape index (κ3) is 4.10. The Kier molecular flexibility index (Phi) is 5.55. The minimum atomic E-state index is -0.229. The van der Waals surface area contributed by atoms with Crippen LogP contribution in [0.3, 0.4) is 0 Å². The number of nitrogens with two attached hydrogens (primary N) is 1. The van der Waals surface area contributed by atoms with Gasteiger partial charge in [0, 0.05) is 26.2 Å². The van der Waals surface area contributed by atoms with E-state index in [-0.39, 0.29) is 12.1 Å². The van der Waals surface area contributed by atoms with Gasteiger partial charge in [0.15, 0.2) is 0 Å². The number of ether oxygens (including phenoxy) is 1. The van der Waals surface area contributed by atoms with Crippen molar-refractivity contribution >= 4 is 12.1 Å². The number of guanidine groups is 1. The van der Waals surface area contributed by atoms with Gasteiger partial charge in [0.25, 0.3) is 0 Å². The van der Waals surface area contributed by atoms with E-state index in [0.717, 1.165) is 12.8 Å². The highest BCUT2D eigenvalue weighted by atomic mass is 16.6. The number of hydrazine groups is 1. The second-order valence-electron chi connectivity index (χ2n) is 3.82. The Labute approximate surface area is 101 Å². The zero-order chi connectivity index (χ0) is 12.7. The summed E-state index contributed by atoms with van der Waals surface area (Å²) in [5.41, 5.74) is 2.49. The Bertz CT molecular complexity index is 274. The molecule has 4 N–H and O–H groups in total. The van der Waals surface area contributed by atoms with Crippen molar-refractivity contribution in [3.8, 4) is 0 Å². The Morgan fingerprint density at radius 3 is 2.65 bits per heavy atom. The predicted molar refractivity (Wildman–Crippen MR) is 65.4 cm³/mol. The molecule has 0 atom stereocenters. The van der Waals surface area contributed by atoms with E-state index in [1.807, 2.05) is 6.92 Å². The van der Waals surface area contributed by atoms with Crippen LogP contribution in [-0.4, -0.2) is 49.7 Å². The molecule has 1 rings (SSSR count). The van der Waals surface area contributed by atoms with Gasteiger partial charge in [0.2, 0.25) is 5.96 Å². The number of hydrogen-bond donors (Lipinski definition) is 3. The zero-order valence-electron chi connectivity index (χ0n) is 10.4. The number of piperidine rings is 1. The Morgan fingerprint density at radius 2 is 2.18 bits per heavy atom. The number of rotatable bonds is 2. The second-order valence-corrected chi connectivity index (χ2v) is 3.82. The van der Waals surface area contributed by atoms with Gasteiger partial charge in [-0.2, -0.15) is 0 Å². The summed E-state index contributed by atoms with van der Waals surface area (Å²) in [6.45, 7) is 3.61. The molecule has 1 aliphatic heterocycles. The molecule has 98 valence electrons. The lowest BCUT2D eigenvalue weighted by molar-refractivity contribution is 0.0963. The van der Waals surface area contributed by atoms with Crippen LogP contribution in [0.1, 0.15) is 19.8 Å². The minimum absolute atomic E-state index is 0.229. The summed E-state index contributed by atoms with van der Waals surface area (Å²) in [5, 5.41) is 3.18. The lowest BCUT2D eigenvalue weighted by atomic mass is 10.1. The van der Waals surface area contributed by atoms with E-state index in [4.69, 9.17) is 10.6 Å². The molecular weight excluding hydrogens is 222 g/mol. The van der Waals surface area contributed by atoms with E-state index >= 15 is 0 Å². The summed E-state index contributed by atoms with van der Waals surface area (Å²) < 4.78 is 4.95. The molecule has 1 fully saturated rings. The molecule has 17 heavy (non-hydrogen) atoms. The summed E-state index contributed by atoms with van der Waals surface area (Å²) >= 11 is 0. The van der Waals surface area contributed by atoms with E-state index in [9.17, 15) is 4.79 Å². The molecule has 1 saturated heterocycles. The molecular formula is C10H21N5O2. The average molecular weight is 243 g/mol. The van der Waals surface area contributed by atoms with Crippen LogP contribution < -0.4 is 16.6 Å². The maximum absolute atomic E-state index is 11.5. The fourth-order valence-electron chi connectivity index (χ4n) is 1.79. The molecule has 1 amide bonds. The highest BCUT2D eigenvalue weighted by Crippen LogP contribution is 2.11. The number of likely N-dealkylation sites (tertiary alicyclic amines) is 1. The number of amides is 1. The van der Waals surface area contributed by atoms with Crippen LogP contribution in [0.5, 0.6) is 0 Å². The van der Waals surface area contributed by atoms with E-state index in [0.29, 0.717) is 25.7 Å². The van der Waals surface area contributed by atoms with E-state index in [1.165, 1.54) is 0 Å². The fraction of sp³-hybridized carbons (Fsp3) is 0.800. The van der Waals surface area contributed by atoms with Crippen LogP contribution in [0.25, 0.3) is 0 Å². The first-order chi connectivity index (χ1) is 8.21. The highest BCUT2D eigenvalue weighted by Gasteiger charge is 2.23. The van der Waals surface area contributed by atoms with Gasteiger partial charge in [-0.15, -0.1) is 0 Å². The second kappa shape index (κ2) is 6.95. The van der Waals surface area contributed by atoms with Crippen molar-refractivity contribution < 1.29 is 9.53 Å². The van der Waals surface area contributed by atoms with Crippen LogP contribution in [0.2, 0.25) is 0 Å². The van der Waals surface area contributed by atoms with Crippen molar-refractivity contribution in [3.05, 3.63) is 0 Å². The molecule has 1 aliphatic rings. The number of nitrogens with one attached hydrogen (secondary N) is 2. The minimum Gasteiger partial charge on any atom is -0.450 e. The Hall–Kier alpha value is -1.50. The largest absolute Gasteiger partial charge is 0.450 e. The van der Waals surface area contributed by atoms with Gasteiger partial charge in [-0.3, -0.25) is 10.4 Å². The third-order valence-electron chi connectivity index (χ3n) is 2.72. The summed E-state index contributed by atoms with van der Waals surface area (Å²) in [7, 11) is 1.66. The molecule has 0 aromatic heterocycles. The number of nitrogens with zero attached hydrogens (tertiary/aromatic N) is 2. The number of carbonyl (C=O) groups excluding carboxylic acids is 1. The van der Waals surface area contributed by atoms with Crippen LogP contribution in [0, 0.1) is 0 Å². The van der Waals surface area contributed by atoms with Gasteiger partial charge < -0.3 is 15.0 Å². The van der Waals surface area contributed by atoms with Gasteiger partial charge in [-0.25, -0.2) is 10.6 Å². The average Bonchev–Trinajstić information content (AvgIpc) is 2.37. The van der Waals surface area contributed by atoms with Crippen LogP contribution >= 0.6 is 0 Å². The molecule has 0 aliphatic carbocycles. The smallest absolute Gasteiger partial charge is 0.409 e. The van der Waals surface area contributed by atoms with Gasteiger partial charge in [0.1, 0.15) is 0 Å². The molecule has 1 heterocycles. The maximum atomic E-state index is 11.5. The maximum Gasteiger partial charge on any atom is 0.409 e. The topological polar surface area (TPSA) is 92.0 Å². The van der Waals surface area contributed by atoms with Crippen molar-refractivity contribution in [1.29, 1.82) is 0 Å². The lowest BCUT2D eigenvalue weighted by Gasteiger charge is -2.32. The molecule has 0 aromatic carbocycles. The number of carbonyl (C=O) groups is 1. The molecule has 0 bridgehead atoms. The molecule has 0 unspecified atom stereocenters. The van der Waals surface area contributed by atoms with Gasteiger partial charge in [-0.05, 0) is 19.8 Å².